The molecule has 8 rings (SSSR count). The molecule has 0 N–H and O–H groups in total. The maximum atomic E-state index is 16.2. The van der Waals surface area contributed by atoms with Crippen molar-refractivity contribution in [3.63, 3.8) is 0 Å². The highest BCUT2D eigenvalue weighted by Gasteiger charge is 2.51. The van der Waals surface area contributed by atoms with Crippen LogP contribution in [-0.2, 0) is 11.8 Å². The molecule has 0 radical (unpaired) electrons. The molecule has 33 heavy (non-hydrogen) atoms. The van der Waals surface area contributed by atoms with Crippen LogP contribution in [0.2, 0.25) is 0 Å². The quantitative estimate of drug-likeness (QED) is 0.216. The van der Waals surface area contributed by atoms with Crippen LogP contribution in [0, 0.1) is 0 Å². The van der Waals surface area contributed by atoms with Crippen LogP contribution in [0.15, 0.2) is 72.6 Å². The molecule has 0 nitrogen and oxygen atoms in total. The van der Waals surface area contributed by atoms with Crippen molar-refractivity contribution in [2.75, 3.05) is 0 Å². The average molecular weight is 434 g/mol. The van der Waals surface area contributed by atoms with Gasteiger partial charge in [-0.2, -0.15) is 0 Å². The van der Waals surface area contributed by atoms with E-state index >= 15 is 13.2 Å². The van der Waals surface area contributed by atoms with E-state index < -0.39 is 23.6 Å². The molecule has 5 aromatic rings. The number of hydrogen-bond acceptors (Lipinski definition) is 0. The van der Waals surface area contributed by atoms with Crippen LogP contribution in [0.1, 0.15) is 39.6 Å². The SMILES string of the molecule is FC1=Cc2c3c4c(ccc5ccc6ccc(c2c6c54)C1F)C=CC31c2ccccc2CC1F. The van der Waals surface area contributed by atoms with Gasteiger partial charge in [-0.05, 0) is 66.2 Å². The van der Waals surface area contributed by atoms with Gasteiger partial charge < -0.3 is 0 Å². The molecule has 0 aromatic heterocycles. The van der Waals surface area contributed by atoms with Crippen LogP contribution in [0.25, 0.3) is 44.5 Å². The lowest BCUT2D eigenvalue weighted by molar-refractivity contribution is 0.276. The molecular weight excluding hydrogens is 417 g/mol. The number of alkyl halides is 2. The Morgan fingerprint density at radius 3 is 2.36 bits per heavy atom. The van der Waals surface area contributed by atoms with E-state index in [9.17, 15) is 0 Å². The Morgan fingerprint density at radius 2 is 1.52 bits per heavy atom. The first-order chi connectivity index (χ1) is 16.1. The van der Waals surface area contributed by atoms with E-state index in [-0.39, 0.29) is 0 Å². The largest absolute Gasteiger partial charge is 0.245 e. The van der Waals surface area contributed by atoms with Gasteiger partial charge in [-0.1, -0.05) is 72.8 Å². The minimum Gasteiger partial charge on any atom is -0.245 e. The summed E-state index contributed by atoms with van der Waals surface area (Å²) in [5.41, 5.74) is 3.59. The summed E-state index contributed by atoms with van der Waals surface area (Å²) in [5, 5.41) is 5.66. The van der Waals surface area contributed by atoms with E-state index in [4.69, 9.17) is 0 Å². The molecule has 0 fully saturated rings. The lowest BCUT2D eigenvalue weighted by atomic mass is 9.65. The fourth-order valence-corrected chi connectivity index (χ4v) is 6.78. The lowest BCUT2D eigenvalue weighted by Crippen LogP contribution is -2.35. The smallest absolute Gasteiger partial charge is 0.177 e. The monoisotopic (exact) mass is 434 g/mol. The fourth-order valence-electron chi connectivity index (χ4n) is 6.78. The van der Waals surface area contributed by atoms with E-state index in [0.717, 1.165) is 54.6 Å². The summed E-state index contributed by atoms with van der Waals surface area (Å²) in [7, 11) is 0. The standard InChI is InChI=1S/C30H17F3/c31-22-14-20-27-19(29(22)33)10-9-16-6-5-15-7-8-17-11-12-30(28(20)26(17)24(15)25(16)27)21-4-2-1-3-18(21)13-23(30)32/h1-12,14,23,29H,13H2. The second-order valence-corrected chi connectivity index (χ2v) is 9.53. The second kappa shape index (κ2) is 5.66. The van der Waals surface area contributed by atoms with Crippen LogP contribution in [0.4, 0.5) is 13.2 Å². The van der Waals surface area contributed by atoms with Gasteiger partial charge in [-0.15, -0.1) is 0 Å². The van der Waals surface area contributed by atoms with Crippen LogP contribution in [-0.4, -0.2) is 6.17 Å². The topological polar surface area (TPSA) is 0 Å². The first-order valence-electron chi connectivity index (χ1n) is 11.3. The normalized spacial score (nSPS) is 24.9. The summed E-state index contributed by atoms with van der Waals surface area (Å²) in [6.45, 7) is 0. The van der Waals surface area contributed by atoms with Gasteiger partial charge >= 0.3 is 0 Å². The maximum absolute atomic E-state index is 16.2. The Morgan fingerprint density at radius 1 is 0.788 bits per heavy atom. The highest BCUT2D eigenvalue weighted by atomic mass is 19.2. The molecule has 0 aliphatic heterocycles. The fraction of sp³-hybridized carbons (Fsp3) is 0.133. The second-order valence-electron chi connectivity index (χ2n) is 9.53. The number of benzene rings is 5. The molecule has 0 saturated carbocycles. The van der Waals surface area contributed by atoms with Gasteiger partial charge in [-0.25, -0.2) is 13.2 Å². The van der Waals surface area contributed by atoms with Crippen molar-refractivity contribution >= 4 is 44.5 Å². The Kier molecular flexibility index (Phi) is 3.07. The zero-order valence-corrected chi connectivity index (χ0v) is 17.5. The van der Waals surface area contributed by atoms with E-state index in [1.165, 1.54) is 6.08 Å². The first kappa shape index (κ1) is 17.9. The van der Waals surface area contributed by atoms with Gasteiger partial charge in [0.05, 0.1) is 5.41 Å². The van der Waals surface area contributed by atoms with Gasteiger partial charge in [0.1, 0.15) is 12.0 Å². The Balaban J connectivity index is 1.70. The summed E-state index contributed by atoms with van der Waals surface area (Å²) >= 11 is 0. The van der Waals surface area contributed by atoms with E-state index in [2.05, 4.69) is 18.2 Å². The highest BCUT2D eigenvalue weighted by molar-refractivity contribution is 6.29. The van der Waals surface area contributed by atoms with Crippen LogP contribution < -0.4 is 0 Å². The molecule has 5 aromatic carbocycles. The summed E-state index contributed by atoms with van der Waals surface area (Å²) in [4.78, 5) is 0. The van der Waals surface area contributed by atoms with Crippen LogP contribution >= 0.6 is 0 Å². The molecule has 0 heterocycles. The molecule has 0 amide bonds. The minimum absolute atomic E-state index is 0.305. The third-order valence-electron chi connectivity index (χ3n) is 8.11. The van der Waals surface area contributed by atoms with Gasteiger partial charge in [-0.3, -0.25) is 0 Å². The third kappa shape index (κ3) is 1.89. The highest BCUT2D eigenvalue weighted by Crippen LogP contribution is 2.58. The molecule has 0 bridgehead atoms. The predicted octanol–water partition coefficient (Wildman–Crippen LogP) is 8.13. The zero-order chi connectivity index (χ0) is 22.1. The number of halogens is 3. The van der Waals surface area contributed by atoms with Crippen LogP contribution in [0.5, 0.6) is 0 Å². The van der Waals surface area contributed by atoms with Crippen LogP contribution in [0.3, 0.4) is 0 Å². The maximum Gasteiger partial charge on any atom is 0.177 e. The molecule has 0 saturated heterocycles. The van der Waals surface area contributed by atoms with Crippen molar-refractivity contribution in [2.45, 2.75) is 24.2 Å². The molecule has 3 unspecified atom stereocenters. The third-order valence-corrected chi connectivity index (χ3v) is 8.11. The summed E-state index contributed by atoms with van der Waals surface area (Å²) in [6, 6.07) is 19.6. The predicted molar refractivity (Wildman–Crippen MR) is 128 cm³/mol. The zero-order valence-electron chi connectivity index (χ0n) is 17.5. The van der Waals surface area contributed by atoms with Crippen molar-refractivity contribution < 1.29 is 13.2 Å². The van der Waals surface area contributed by atoms with Crippen molar-refractivity contribution in [1.82, 2.24) is 0 Å². The van der Waals surface area contributed by atoms with Crippen molar-refractivity contribution in [3.05, 3.63) is 106 Å². The number of rotatable bonds is 0. The average Bonchev–Trinajstić information content (AvgIpc) is 3.12. The molecule has 3 aliphatic carbocycles. The summed E-state index contributed by atoms with van der Waals surface area (Å²) < 4.78 is 46.4. The van der Waals surface area contributed by atoms with E-state index in [1.807, 2.05) is 48.6 Å². The molecular formula is C30H17F3. The molecule has 158 valence electrons. The first-order valence-corrected chi connectivity index (χ1v) is 11.3. The van der Waals surface area contributed by atoms with Gasteiger partial charge in [0.25, 0.3) is 0 Å². The summed E-state index contributed by atoms with van der Waals surface area (Å²) in [6.07, 6.45) is 2.61. The van der Waals surface area contributed by atoms with Gasteiger partial charge in [0.15, 0.2) is 6.17 Å². The Labute approximate surface area is 188 Å². The Hall–Kier alpha value is -3.59. The minimum atomic E-state index is -1.80. The molecule has 1 spiro atoms. The van der Waals surface area contributed by atoms with Crippen molar-refractivity contribution in [1.29, 1.82) is 0 Å². The van der Waals surface area contributed by atoms with Crippen molar-refractivity contribution in [3.8, 4) is 0 Å². The van der Waals surface area contributed by atoms with Gasteiger partial charge in [0.2, 0.25) is 0 Å². The number of hydrogen-bond donors (Lipinski definition) is 0. The van der Waals surface area contributed by atoms with Crippen molar-refractivity contribution in [2.24, 2.45) is 0 Å². The molecule has 3 atom stereocenters. The molecule has 3 aliphatic rings. The number of allylic oxidation sites excluding steroid dienone is 2. The number of fused-ring (bicyclic) bond motifs is 4. The van der Waals surface area contributed by atoms with E-state index in [1.54, 1.807) is 6.07 Å². The van der Waals surface area contributed by atoms with Gasteiger partial charge in [0, 0.05) is 12.0 Å². The van der Waals surface area contributed by atoms with E-state index in [0.29, 0.717) is 17.5 Å². The lowest BCUT2D eigenvalue weighted by Gasteiger charge is -2.38. The Bertz CT molecular complexity index is 1740. The summed E-state index contributed by atoms with van der Waals surface area (Å²) in [5.74, 6) is -0.816. The molecule has 3 heteroatoms.